The summed E-state index contributed by atoms with van der Waals surface area (Å²) in [7, 11) is 0. The molecule has 0 saturated heterocycles. The summed E-state index contributed by atoms with van der Waals surface area (Å²) in [5.74, 6) is 0. The molecule has 0 aliphatic carbocycles. The van der Waals surface area contributed by atoms with Crippen molar-refractivity contribution in [2.24, 2.45) is 0 Å². The summed E-state index contributed by atoms with van der Waals surface area (Å²) in [4.78, 5) is 3.12. The van der Waals surface area contributed by atoms with Gasteiger partial charge in [0, 0.05) is 10.0 Å². The van der Waals surface area contributed by atoms with Crippen molar-refractivity contribution in [3.8, 4) is 5.69 Å². The van der Waals surface area contributed by atoms with Gasteiger partial charge in [0.25, 0.3) is 0 Å². The highest BCUT2D eigenvalue weighted by atomic mass is 35.5. The maximum absolute atomic E-state index is 6.23. The molecular formula is C13H7Cl3N2S. The Morgan fingerprint density at radius 1 is 0.947 bits per heavy atom. The summed E-state index contributed by atoms with van der Waals surface area (Å²) in [5.41, 5.74) is 2.49. The Kier molecular flexibility index (Phi) is 3.31. The van der Waals surface area contributed by atoms with E-state index in [9.17, 15) is 0 Å². The second-order valence-electron chi connectivity index (χ2n) is 4.02. The van der Waals surface area contributed by atoms with Gasteiger partial charge in [-0.15, -0.1) is 0 Å². The molecule has 0 spiro atoms. The van der Waals surface area contributed by atoms with Crippen LogP contribution < -0.4 is 0 Å². The van der Waals surface area contributed by atoms with Crippen molar-refractivity contribution in [2.45, 2.75) is 0 Å². The average molecular weight is 330 g/mol. The van der Waals surface area contributed by atoms with Gasteiger partial charge in [0.2, 0.25) is 0 Å². The highest BCUT2D eigenvalue weighted by molar-refractivity contribution is 7.71. The summed E-state index contributed by atoms with van der Waals surface area (Å²) < 4.78 is 2.37. The Hall–Kier alpha value is -1.000. The number of aromatic amines is 1. The van der Waals surface area contributed by atoms with Gasteiger partial charge in [-0.3, -0.25) is 4.57 Å². The fourth-order valence-electron chi connectivity index (χ4n) is 1.97. The normalized spacial score (nSPS) is 11.1. The first-order valence-electron chi connectivity index (χ1n) is 5.42. The molecule has 1 heterocycles. The number of rotatable bonds is 1. The molecule has 0 aliphatic rings. The summed E-state index contributed by atoms with van der Waals surface area (Å²) in [6, 6.07) is 10.8. The largest absolute Gasteiger partial charge is 0.330 e. The molecule has 3 aromatic rings. The molecular weight excluding hydrogens is 323 g/mol. The SMILES string of the molecule is S=c1[nH]c2ccc(Cl)cc2n1-c1cc(Cl)ccc1Cl. The predicted molar refractivity (Wildman–Crippen MR) is 83.5 cm³/mol. The fourth-order valence-corrected chi connectivity index (χ4v) is 2.81. The molecule has 96 valence electrons. The maximum atomic E-state index is 6.23. The summed E-state index contributed by atoms with van der Waals surface area (Å²) in [5, 5.41) is 1.80. The van der Waals surface area contributed by atoms with E-state index in [0.717, 1.165) is 16.7 Å². The molecule has 2 aromatic carbocycles. The summed E-state index contributed by atoms with van der Waals surface area (Å²) in [6.07, 6.45) is 0. The summed E-state index contributed by atoms with van der Waals surface area (Å²) >= 11 is 23.6. The van der Waals surface area contributed by atoms with Gasteiger partial charge in [0.15, 0.2) is 4.77 Å². The molecule has 0 radical (unpaired) electrons. The molecule has 0 fully saturated rings. The van der Waals surface area contributed by atoms with Gasteiger partial charge in [0.1, 0.15) is 0 Å². The van der Waals surface area contributed by atoms with Crippen LogP contribution in [0.3, 0.4) is 0 Å². The number of fused-ring (bicyclic) bond motifs is 1. The number of benzene rings is 2. The quantitative estimate of drug-likeness (QED) is 0.572. The zero-order valence-electron chi connectivity index (χ0n) is 9.45. The van der Waals surface area contributed by atoms with Crippen LogP contribution in [-0.2, 0) is 0 Å². The van der Waals surface area contributed by atoms with Crippen LogP contribution in [0.15, 0.2) is 36.4 Å². The number of aromatic nitrogens is 2. The Morgan fingerprint density at radius 2 is 1.63 bits per heavy atom. The number of imidazole rings is 1. The standard InChI is InChI=1S/C13H7Cl3N2S/c14-7-1-3-9(16)11(5-7)18-12-6-8(15)2-4-10(12)17-13(18)19/h1-6H,(H,17,19). The lowest BCUT2D eigenvalue weighted by Crippen LogP contribution is -1.95. The Morgan fingerprint density at radius 3 is 2.42 bits per heavy atom. The van der Waals surface area contributed by atoms with Gasteiger partial charge in [-0.1, -0.05) is 34.8 Å². The number of hydrogen-bond acceptors (Lipinski definition) is 1. The third-order valence-electron chi connectivity index (χ3n) is 2.79. The van der Waals surface area contributed by atoms with Gasteiger partial charge in [-0.25, -0.2) is 0 Å². The van der Waals surface area contributed by atoms with Crippen molar-refractivity contribution in [2.75, 3.05) is 0 Å². The molecule has 2 nitrogen and oxygen atoms in total. The first kappa shape index (κ1) is 13.0. The molecule has 0 atom stereocenters. The lowest BCUT2D eigenvalue weighted by atomic mass is 10.3. The Labute approximate surface area is 129 Å². The van der Waals surface area contributed by atoms with Gasteiger partial charge in [-0.2, -0.15) is 0 Å². The van der Waals surface area contributed by atoms with Gasteiger partial charge in [-0.05, 0) is 48.6 Å². The number of nitrogens with zero attached hydrogens (tertiary/aromatic N) is 1. The summed E-state index contributed by atoms with van der Waals surface area (Å²) in [6.45, 7) is 0. The van der Waals surface area contributed by atoms with Crippen LogP contribution >= 0.6 is 47.0 Å². The van der Waals surface area contributed by atoms with Gasteiger partial charge in [0.05, 0.1) is 21.7 Å². The topological polar surface area (TPSA) is 20.7 Å². The molecule has 1 aromatic heterocycles. The molecule has 3 rings (SSSR count). The third kappa shape index (κ3) is 2.28. The smallest absolute Gasteiger partial charge is 0.182 e. The van der Waals surface area contributed by atoms with Crippen molar-refractivity contribution in [3.63, 3.8) is 0 Å². The second kappa shape index (κ2) is 4.84. The van der Waals surface area contributed by atoms with Crippen LogP contribution in [0.5, 0.6) is 0 Å². The Bertz CT molecular complexity index is 836. The molecule has 0 amide bonds. The van der Waals surface area contributed by atoms with Gasteiger partial charge >= 0.3 is 0 Å². The van der Waals surface area contributed by atoms with Crippen molar-refractivity contribution in [3.05, 3.63) is 56.2 Å². The maximum Gasteiger partial charge on any atom is 0.182 e. The third-order valence-corrected chi connectivity index (χ3v) is 3.87. The lowest BCUT2D eigenvalue weighted by Gasteiger charge is -2.07. The average Bonchev–Trinajstić information content (AvgIpc) is 2.68. The van der Waals surface area contributed by atoms with Crippen LogP contribution in [0.2, 0.25) is 15.1 Å². The molecule has 0 aliphatic heterocycles. The number of nitrogens with one attached hydrogen (secondary N) is 1. The van der Waals surface area contributed by atoms with Crippen LogP contribution in [0.4, 0.5) is 0 Å². The minimum absolute atomic E-state index is 0.543. The number of halogens is 3. The molecule has 0 unspecified atom stereocenters. The van der Waals surface area contributed by atoms with Crippen molar-refractivity contribution >= 4 is 58.1 Å². The van der Waals surface area contributed by atoms with E-state index in [1.54, 1.807) is 24.3 Å². The zero-order valence-corrected chi connectivity index (χ0v) is 12.5. The van der Waals surface area contributed by atoms with Crippen LogP contribution in [0, 0.1) is 4.77 Å². The van der Waals surface area contributed by atoms with E-state index in [0.29, 0.717) is 19.8 Å². The van der Waals surface area contributed by atoms with Gasteiger partial charge < -0.3 is 4.98 Å². The van der Waals surface area contributed by atoms with Crippen LogP contribution in [0.25, 0.3) is 16.7 Å². The van der Waals surface area contributed by atoms with E-state index < -0.39 is 0 Å². The highest BCUT2D eigenvalue weighted by Gasteiger charge is 2.10. The van der Waals surface area contributed by atoms with E-state index in [1.807, 2.05) is 16.7 Å². The van der Waals surface area contributed by atoms with Crippen molar-refractivity contribution in [1.29, 1.82) is 0 Å². The van der Waals surface area contributed by atoms with E-state index in [4.69, 9.17) is 47.0 Å². The van der Waals surface area contributed by atoms with Crippen LogP contribution in [-0.4, -0.2) is 9.55 Å². The van der Waals surface area contributed by atoms with Crippen molar-refractivity contribution < 1.29 is 0 Å². The molecule has 1 N–H and O–H groups in total. The van der Waals surface area contributed by atoms with E-state index in [-0.39, 0.29) is 0 Å². The Balaban J connectivity index is 2.42. The molecule has 0 bridgehead atoms. The predicted octanol–water partition coefficient (Wildman–Crippen LogP) is 5.65. The monoisotopic (exact) mass is 328 g/mol. The molecule has 0 saturated carbocycles. The van der Waals surface area contributed by atoms with E-state index in [2.05, 4.69) is 4.98 Å². The minimum Gasteiger partial charge on any atom is -0.330 e. The zero-order chi connectivity index (χ0) is 13.6. The highest BCUT2D eigenvalue weighted by Crippen LogP contribution is 2.29. The lowest BCUT2D eigenvalue weighted by molar-refractivity contribution is 1.07. The first-order valence-corrected chi connectivity index (χ1v) is 6.96. The van der Waals surface area contributed by atoms with Crippen molar-refractivity contribution in [1.82, 2.24) is 9.55 Å². The van der Waals surface area contributed by atoms with E-state index >= 15 is 0 Å². The first-order chi connectivity index (χ1) is 9.06. The number of H-pyrrole nitrogens is 1. The second-order valence-corrected chi connectivity index (χ2v) is 5.69. The van der Waals surface area contributed by atoms with E-state index in [1.165, 1.54) is 0 Å². The fraction of sp³-hybridized carbons (Fsp3) is 0. The molecule has 19 heavy (non-hydrogen) atoms. The van der Waals surface area contributed by atoms with Crippen LogP contribution in [0.1, 0.15) is 0 Å². The minimum atomic E-state index is 0.543. The molecule has 6 heteroatoms. The number of hydrogen-bond donors (Lipinski definition) is 1.